The van der Waals surface area contributed by atoms with Gasteiger partial charge in [0.2, 0.25) is 0 Å². The predicted molar refractivity (Wildman–Crippen MR) is 53.6 cm³/mol. The van der Waals surface area contributed by atoms with Gasteiger partial charge in [-0.15, -0.1) is 0 Å². The van der Waals surface area contributed by atoms with E-state index in [9.17, 15) is 0 Å². The van der Waals surface area contributed by atoms with Crippen molar-refractivity contribution in [1.82, 2.24) is 9.97 Å². The highest BCUT2D eigenvalue weighted by Crippen LogP contribution is 2.20. The fraction of sp³-hybridized carbons (Fsp3) is 0.273. The number of rotatable bonds is 1. The van der Waals surface area contributed by atoms with Gasteiger partial charge in [-0.05, 0) is 18.1 Å². The first kappa shape index (κ1) is 8.17. The van der Waals surface area contributed by atoms with E-state index in [0.717, 1.165) is 11.2 Å². The van der Waals surface area contributed by atoms with E-state index >= 15 is 0 Å². The maximum Gasteiger partial charge on any atom is 0.0919 e. The Morgan fingerprint density at radius 2 is 1.92 bits per heavy atom. The fourth-order valence-electron chi connectivity index (χ4n) is 1.45. The van der Waals surface area contributed by atoms with Gasteiger partial charge < -0.3 is 0 Å². The normalized spacial score (nSPS) is 11.0. The van der Waals surface area contributed by atoms with Gasteiger partial charge in [0.25, 0.3) is 0 Å². The van der Waals surface area contributed by atoms with Crippen LogP contribution in [0.1, 0.15) is 25.5 Å². The maximum atomic E-state index is 4.34. The van der Waals surface area contributed by atoms with Gasteiger partial charge in [-0.2, -0.15) is 0 Å². The van der Waals surface area contributed by atoms with Crippen LogP contribution in [0.3, 0.4) is 0 Å². The summed E-state index contributed by atoms with van der Waals surface area (Å²) in [5.74, 6) is 0.429. The molecule has 0 radical (unpaired) electrons. The summed E-state index contributed by atoms with van der Waals surface area (Å²) in [6.45, 7) is 4.27. The molecule has 2 aromatic heterocycles. The van der Waals surface area contributed by atoms with Gasteiger partial charge in [0.05, 0.1) is 11.2 Å². The first-order valence-electron chi connectivity index (χ1n) is 4.48. The van der Waals surface area contributed by atoms with E-state index in [0.29, 0.717) is 5.92 Å². The summed E-state index contributed by atoms with van der Waals surface area (Å²) in [6, 6.07) is 6.01. The van der Waals surface area contributed by atoms with Crippen LogP contribution in [0.15, 0.2) is 30.6 Å². The lowest BCUT2D eigenvalue weighted by atomic mass is 10.1. The molecule has 66 valence electrons. The van der Waals surface area contributed by atoms with E-state index in [4.69, 9.17) is 0 Å². The first-order valence-corrected chi connectivity index (χ1v) is 4.48. The van der Waals surface area contributed by atoms with Crippen molar-refractivity contribution in [3.8, 4) is 0 Å². The van der Waals surface area contributed by atoms with Crippen molar-refractivity contribution < 1.29 is 0 Å². The summed E-state index contributed by atoms with van der Waals surface area (Å²) >= 11 is 0. The molecule has 2 rings (SSSR count). The first-order chi connectivity index (χ1) is 6.29. The Labute approximate surface area is 77.6 Å². The lowest BCUT2D eigenvalue weighted by molar-refractivity contribution is 0.831. The highest BCUT2D eigenvalue weighted by atomic mass is 14.7. The van der Waals surface area contributed by atoms with E-state index < -0.39 is 0 Å². The zero-order valence-corrected chi connectivity index (χ0v) is 7.86. The maximum absolute atomic E-state index is 4.34. The SMILES string of the molecule is CC(C)c1nccc2cccnc12. The third kappa shape index (κ3) is 1.39. The predicted octanol–water partition coefficient (Wildman–Crippen LogP) is 2.75. The second-order valence-electron chi connectivity index (χ2n) is 3.43. The lowest BCUT2D eigenvalue weighted by Crippen LogP contribution is -1.94. The van der Waals surface area contributed by atoms with Crippen molar-refractivity contribution in [2.45, 2.75) is 19.8 Å². The molecule has 0 saturated heterocycles. The number of pyridine rings is 2. The minimum absolute atomic E-state index is 0.429. The van der Waals surface area contributed by atoms with Gasteiger partial charge in [-0.25, -0.2) is 0 Å². The zero-order valence-electron chi connectivity index (χ0n) is 7.86. The highest BCUT2D eigenvalue weighted by Gasteiger charge is 2.05. The quantitative estimate of drug-likeness (QED) is 0.661. The highest BCUT2D eigenvalue weighted by molar-refractivity contribution is 5.80. The molecule has 0 aliphatic heterocycles. The smallest absolute Gasteiger partial charge is 0.0919 e. The van der Waals surface area contributed by atoms with Crippen LogP contribution in [0.2, 0.25) is 0 Å². The molecule has 2 aromatic rings. The average molecular weight is 172 g/mol. The summed E-state index contributed by atoms with van der Waals surface area (Å²) in [5.41, 5.74) is 2.11. The number of hydrogen-bond acceptors (Lipinski definition) is 2. The molecule has 0 aromatic carbocycles. The minimum atomic E-state index is 0.429. The molecule has 0 aliphatic carbocycles. The monoisotopic (exact) mass is 172 g/mol. The molecule has 0 saturated carbocycles. The summed E-state index contributed by atoms with van der Waals surface area (Å²) in [4.78, 5) is 8.68. The van der Waals surface area contributed by atoms with Gasteiger partial charge in [-0.3, -0.25) is 9.97 Å². The van der Waals surface area contributed by atoms with Crippen LogP contribution in [-0.2, 0) is 0 Å². The number of hydrogen-bond donors (Lipinski definition) is 0. The van der Waals surface area contributed by atoms with E-state index in [1.807, 2.05) is 24.5 Å². The van der Waals surface area contributed by atoms with Crippen molar-refractivity contribution in [1.29, 1.82) is 0 Å². The summed E-state index contributed by atoms with van der Waals surface area (Å²) < 4.78 is 0. The molecule has 0 N–H and O–H groups in total. The Kier molecular flexibility index (Phi) is 1.97. The van der Waals surface area contributed by atoms with Crippen LogP contribution < -0.4 is 0 Å². The van der Waals surface area contributed by atoms with Gasteiger partial charge in [0.15, 0.2) is 0 Å². The Morgan fingerprint density at radius 1 is 1.08 bits per heavy atom. The third-order valence-corrected chi connectivity index (χ3v) is 2.10. The van der Waals surface area contributed by atoms with Crippen molar-refractivity contribution in [3.63, 3.8) is 0 Å². The van der Waals surface area contributed by atoms with E-state index in [1.165, 1.54) is 5.39 Å². The van der Waals surface area contributed by atoms with Crippen molar-refractivity contribution in [2.24, 2.45) is 0 Å². The molecular weight excluding hydrogens is 160 g/mol. The minimum Gasteiger partial charge on any atom is -0.259 e. The summed E-state index contributed by atoms with van der Waals surface area (Å²) in [6.07, 6.45) is 3.66. The van der Waals surface area contributed by atoms with Crippen molar-refractivity contribution >= 4 is 10.9 Å². The topological polar surface area (TPSA) is 25.8 Å². The van der Waals surface area contributed by atoms with Crippen LogP contribution in [0.4, 0.5) is 0 Å². The Bertz CT molecular complexity index is 416. The number of fused-ring (bicyclic) bond motifs is 1. The van der Waals surface area contributed by atoms with Crippen LogP contribution in [0.25, 0.3) is 10.9 Å². The molecule has 0 aliphatic rings. The molecule has 2 heteroatoms. The standard InChI is InChI=1S/C11H12N2/c1-8(2)10-11-9(5-7-13-10)4-3-6-12-11/h3-8H,1-2H3. The Morgan fingerprint density at radius 3 is 2.69 bits per heavy atom. The van der Waals surface area contributed by atoms with Gasteiger partial charge in [-0.1, -0.05) is 19.9 Å². The number of nitrogens with zero attached hydrogens (tertiary/aromatic N) is 2. The second-order valence-corrected chi connectivity index (χ2v) is 3.43. The fourth-order valence-corrected chi connectivity index (χ4v) is 1.45. The Balaban J connectivity index is 2.76. The van der Waals surface area contributed by atoms with Gasteiger partial charge in [0.1, 0.15) is 0 Å². The van der Waals surface area contributed by atoms with E-state index in [1.54, 1.807) is 0 Å². The largest absolute Gasteiger partial charge is 0.259 e. The molecule has 0 atom stereocenters. The van der Waals surface area contributed by atoms with Crippen molar-refractivity contribution in [3.05, 3.63) is 36.3 Å². The molecule has 0 unspecified atom stereocenters. The molecule has 0 bridgehead atoms. The van der Waals surface area contributed by atoms with Gasteiger partial charge >= 0.3 is 0 Å². The summed E-state index contributed by atoms with van der Waals surface area (Å²) in [5, 5.41) is 1.17. The molecule has 0 amide bonds. The van der Waals surface area contributed by atoms with E-state index in [2.05, 4.69) is 29.9 Å². The molecule has 0 spiro atoms. The zero-order chi connectivity index (χ0) is 9.26. The van der Waals surface area contributed by atoms with Crippen LogP contribution in [0.5, 0.6) is 0 Å². The van der Waals surface area contributed by atoms with Crippen LogP contribution in [0, 0.1) is 0 Å². The Hall–Kier alpha value is -1.44. The summed E-state index contributed by atoms with van der Waals surface area (Å²) in [7, 11) is 0. The molecule has 2 heterocycles. The van der Waals surface area contributed by atoms with Crippen LogP contribution in [-0.4, -0.2) is 9.97 Å². The number of aromatic nitrogens is 2. The molecule has 0 fully saturated rings. The molecule has 13 heavy (non-hydrogen) atoms. The van der Waals surface area contributed by atoms with Gasteiger partial charge in [0, 0.05) is 17.8 Å². The van der Waals surface area contributed by atoms with Crippen LogP contribution >= 0.6 is 0 Å². The lowest BCUT2D eigenvalue weighted by Gasteiger charge is -2.06. The second kappa shape index (κ2) is 3.13. The average Bonchev–Trinajstić information content (AvgIpc) is 2.17. The van der Waals surface area contributed by atoms with E-state index in [-0.39, 0.29) is 0 Å². The third-order valence-electron chi connectivity index (χ3n) is 2.10. The molecular formula is C11H12N2. The van der Waals surface area contributed by atoms with Crippen molar-refractivity contribution in [2.75, 3.05) is 0 Å². The molecule has 2 nitrogen and oxygen atoms in total.